The van der Waals surface area contributed by atoms with Crippen molar-refractivity contribution in [1.82, 2.24) is 14.8 Å². The molecule has 3 aliphatic rings. The first-order valence-corrected chi connectivity index (χ1v) is 10.3. The average molecular weight is 352 g/mol. The number of likely N-dealkylation sites (tertiary alicyclic amines) is 1. The minimum Gasteiger partial charge on any atom is -0.374 e. The van der Waals surface area contributed by atoms with Crippen molar-refractivity contribution in [3.8, 4) is 0 Å². The summed E-state index contributed by atoms with van der Waals surface area (Å²) in [7, 11) is 0. The molecule has 0 bridgehead atoms. The number of ether oxygens (including phenoxy) is 2. The lowest BCUT2D eigenvalue weighted by Crippen LogP contribution is -2.51. The van der Waals surface area contributed by atoms with Crippen LogP contribution >= 0.6 is 11.3 Å². The van der Waals surface area contributed by atoms with Gasteiger partial charge in [0.2, 0.25) is 0 Å². The molecule has 2 aliphatic heterocycles. The van der Waals surface area contributed by atoms with E-state index in [9.17, 15) is 0 Å². The second kappa shape index (κ2) is 7.79. The van der Waals surface area contributed by atoms with Gasteiger partial charge in [-0.2, -0.15) is 0 Å². The summed E-state index contributed by atoms with van der Waals surface area (Å²) in [6.45, 7) is 9.28. The molecule has 134 valence electrons. The number of aromatic nitrogens is 1. The summed E-state index contributed by atoms with van der Waals surface area (Å²) in [5, 5.41) is 3.35. The molecule has 0 N–H and O–H groups in total. The Labute approximate surface area is 148 Å². The minimum atomic E-state index is 0.247. The van der Waals surface area contributed by atoms with E-state index in [1.54, 1.807) is 11.3 Å². The van der Waals surface area contributed by atoms with Gasteiger partial charge in [0.25, 0.3) is 0 Å². The molecule has 6 heteroatoms. The predicted octanol–water partition coefficient (Wildman–Crippen LogP) is 2.30. The summed E-state index contributed by atoms with van der Waals surface area (Å²) in [6.07, 6.45) is 5.53. The van der Waals surface area contributed by atoms with E-state index in [0.717, 1.165) is 44.3 Å². The van der Waals surface area contributed by atoms with Gasteiger partial charge in [0, 0.05) is 31.1 Å². The zero-order chi connectivity index (χ0) is 16.4. The lowest BCUT2D eigenvalue weighted by Gasteiger charge is -2.38. The van der Waals surface area contributed by atoms with E-state index in [4.69, 9.17) is 9.47 Å². The Kier molecular flexibility index (Phi) is 5.49. The molecule has 1 aliphatic carbocycles. The van der Waals surface area contributed by atoms with Crippen molar-refractivity contribution in [2.75, 3.05) is 39.4 Å². The predicted molar refractivity (Wildman–Crippen MR) is 95.4 cm³/mol. The van der Waals surface area contributed by atoms with Gasteiger partial charge < -0.3 is 14.4 Å². The molecule has 0 spiro atoms. The maximum atomic E-state index is 6.23. The largest absolute Gasteiger partial charge is 0.374 e. The van der Waals surface area contributed by atoms with Crippen LogP contribution in [0.25, 0.3) is 0 Å². The molecule has 3 heterocycles. The van der Waals surface area contributed by atoms with Crippen molar-refractivity contribution >= 4 is 11.3 Å². The summed E-state index contributed by atoms with van der Waals surface area (Å²) < 4.78 is 12.3. The highest BCUT2D eigenvalue weighted by Crippen LogP contribution is 2.33. The second-order valence-electron chi connectivity index (χ2n) is 7.27. The van der Waals surface area contributed by atoms with Gasteiger partial charge in [0.1, 0.15) is 0 Å². The first-order valence-electron chi connectivity index (χ1n) is 9.40. The van der Waals surface area contributed by atoms with Crippen LogP contribution in [0.4, 0.5) is 0 Å². The first-order chi connectivity index (χ1) is 11.8. The number of hydrogen-bond donors (Lipinski definition) is 0. The molecule has 0 aromatic carbocycles. The molecule has 5 nitrogen and oxygen atoms in total. The third-order valence-electron chi connectivity index (χ3n) is 5.62. The third-order valence-corrected chi connectivity index (χ3v) is 6.44. The van der Waals surface area contributed by atoms with Crippen LogP contribution < -0.4 is 0 Å². The summed E-state index contributed by atoms with van der Waals surface area (Å²) in [6, 6.07) is 0.498. The summed E-state index contributed by atoms with van der Waals surface area (Å²) in [4.78, 5) is 9.71. The highest BCUT2D eigenvalue weighted by molar-refractivity contribution is 7.09. The smallest absolute Gasteiger partial charge is 0.0992 e. The van der Waals surface area contributed by atoms with Crippen LogP contribution in [0.5, 0.6) is 0 Å². The van der Waals surface area contributed by atoms with Gasteiger partial charge in [0.05, 0.1) is 36.1 Å². The number of morpholine rings is 1. The number of nitrogens with zero attached hydrogens (tertiary/aromatic N) is 3. The quantitative estimate of drug-likeness (QED) is 0.786. The van der Waals surface area contributed by atoms with Crippen molar-refractivity contribution in [1.29, 1.82) is 0 Å². The topological polar surface area (TPSA) is 37.8 Å². The van der Waals surface area contributed by atoms with Crippen LogP contribution in [0.2, 0.25) is 0 Å². The molecule has 2 saturated heterocycles. The summed E-state index contributed by atoms with van der Waals surface area (Å²) in [5.41, 5.74) is 1.21. The lowest BCUT2D eigenvalue weighted by atomic mass is 10.1. The molecule has 4 rings (SSSR count). The maximum Gasteiger partial charge on any atom is 0.0992 e. The Hall–Kier alpha value is -0.530. The zero-order valence-electron chi connectivity index (χ0n) is 14.7. The van der Waals surface area contributed by atoms with Crippen molar-refractivity contribution < 1.29 is 9.47 Å². The molecule has 0 radical (unpaired) electrons. The van der Waals surface area contributed by atoms with Gasteiger partial charge in [-0.3, -0.25) is 4.90 Å². The fourth-order valence-corrected chi connectivity index (χ4v) is 5.00. The van der Waals surface area contributed by atoms with Crippen LogP contribution in [0, 0.1) is 6.92 Å². The first kappa shape index (κ1) is 16.9. The number of rotatable bonds is 6. The second-order valence-corrected chi connectivity index (χ2v) is 8.33. The van der Waals surface area contributed by atoms with Crippen LogP contribution in [-0.4, -0.2) is 72.4 Å². The Morgan fingerprint density at radius 3 is 2.96 bits per heavy atom. The molecule has 0 unspecified atom stereocenters. The molecule has 0 amide bonds. The van der Waals surface area contributed by atoms with E-state index in [-0.39, 0.29) is 12.2 Å². The van der Waals surface area contributed by atoms with E-state index >= 15 is 0 Å². The molecule has 24 heavy (non-hydrogen) atoms. The van der Waals surface area contributed by atoms with Crippen molar-refractivity contribution in [3.05, 3.63) is 16.1 Å². The van der Waals surface area contributed by atoms with Crippen molar-refractivity contribution in [2.24, 2.45) is 0 Å². The van der Waals surface area contributed by atoms with Gasteiger partial charge >= 0.3 is 0 Å². The van der Waals surface area contributed by atoms with Gasteiger partial charge in [-0.1, -0.05) is 0 Å². The van der Waals surface area contributed by atoms with Crippen LogP contribution in [0.1, 0.15) is 36.4 Å². The number of fused-ring (bicyclic) bond motifs is 1. The van der Waals surface area contributed by atoms with Crippen LogP contribution in [0.3, 0.4) is 0 Å². The molecule has 1 saturated carbocycles. The van der Waals surface area contributed by atoms with Gasteiger partial charge in [-0.25, -0.2) is 4.98 Å². The number of hydrogen-bond acceptors (Lipinski definition) is 6. The SMILES string of the molecule is Cc1nc(CN2CCO[C@@H]3[C@@H](OCCN4CCCC4)CC[C@H]32)cs1. The van der Waals surface area contributed by atoms with E-state index < -0.39 is 0 Å². The Morgan fingerprint density at radius 2 is 2.17 bits per heavy atom. The monoisotopic (exact) mass is 351 g/mol. The van der Waals surface area contributed by atoms with Crippen molar-refractivity contribution in [3.63, 3.8) is 0 Å². The summed E-state index contributed by atoms with van der Waals surface area (Å²) in [5.74, 6) is 0. The van der Waals surface area contributed by atoms with E-state index in [1.165, 1.54) is 38.0 Å². The highest BCUT2D eigenvalue weighted by Gasteiger charge is 2.43. The number of aryl methyl sites for hydroxylation is 1. The fraction of sp³-hybridized carbons (Fsp3) is 0.833. The minimum absolute atomic E-state index is 0.247. The van der Waals surface area contributed by atoms with Crippen molar-refractivity contribution in [2.45, 2.75) is 57.4 Å². The Morgan fingerprint density at radius 1 is 1.29 bits per heavy atom. The van der Waals surface area contributed by atoms with Crippen LogP contribution in [-0.2, 0) is 16.0 Å². The molecule has 1 aromatic heterocycles. The van der Waals surface area contributed by atoms with E-state index in [2.05, 4.69) is 27.1 Å². The average Bonchev–Trinajstić information content (AvgIpc) is 3.30. The van der Waals surface area contributed by atoms with Gasteiger partial charge in [0.15, 0.2) is 0 Å². The van der Waals surface area contributed by atoms with Gasteiger partial charge in [-0.15, -0.1) is 11.3 Å². The molecule has 3 atom stereocenters. The Bertz CT molecular complexity index is 532. The standard InChI is InChI=1S/C18H29N3O2S/c1-14-19-15(13-24-14)12-21-9-11-23-18-16(21)4-5-17(18)22-10-8-20-6-2-3-7-20/h13,16-18H,2-12H2,1H3/t16-,17+,18+/m1/s1. The summed E-state index contributed by atoms with van der Waals surface area (Å²) >= 11 is 1.74. The normalized spacial score (nSPS) is 31.6. The zero-order valence-corrected chi connectivity index (χ0v) is 15.5. The highest BCUT2D eigenvalue weighted by atomic mass is 32.1. The lowest BCUT2D eigenvalue weighted by molar-refractivity contribution is -0.116. The van der Waals surface area contributed by atoms with Gasteiger partial charge in [-0.05, 0) is 45.7 Å². The van der Waals surface area contributed by atoms with E-state index in [0.29, 0.717) is 6.04 Å². The van der Waals surface area contributed by atoms with E-state index in [1.807, 2.05) is 0 Å². The third kappa shape index (κ3) is 3.83. The fourth-order valence-electron chi connectivity index (χ4n) is 4.39. The molecular weight excluding hydrogens is 322 g/mol. The van der Waals surface area contributed by atoms with Crippen LogP contribution in [0.15, 0.2) is 5.38 Å². The maximum absolute atomic E-state index is 6.23. The molecule has 3 fully saturated rings. The Balaban J connectivity index is 1.29. The molecule has 1 aromatic rings. The molecular formula is C18H29N3O2S. The number of thiazole rings is 1.